The summed E-state index contributed by atoms with van der Waals surface area (Å²) in [6.07, 6.45) is 3.45. The van der Waals surface area contributed by atoms with E-state index >= 15 is 0 Å². The third-order valence-corrected chi connectivity index (χ3v) is 6.32. The molecule has 7 nitrogen and oxygen atoms in total. The Kier molecular flexibility index (Phi) is 6.02. The summed E-state index contributed by atoms with van der Waals surface area (Å²) in [7, 11) is 1.77. The predicted octanol–water partition coefficient (Wildman–Crippen LogP) is 4.85. The lowest BCUT2D eigenvalue weighted by Crippen LogP contribution is -2.40. The van der Waals surface area contributed by atoms with Crippen molar-refractivity contribution in [1.82, 2.24) is 25.2 Å². The zero-order valence-electron chi connectivity index (χ0n) is 16.7. The SMILES string of the molecule is Cn1cc(C(C)(CNC(=O)c2cc(-c3ccc(F)cc3F)on2)c2nc(Cl)sc2Cl)cn1. The van der Waals surface area contributed by atoms with Crippen LogP contribution in [0.4, 0.5) is 8.78 Å². The molecule has 32 heavy (non-hydrogen) atoms. The number of hydrogen-bond donors (Lipinski definition) is 1. The first-order chi connectivity index (χ1) is 15.2. The first kappa shape index (κ1) is 22.4. The van der Waals surface area contributed by atoms with Gasteiger partial charge >= 0.3 is 0 Å². The normalized spacial score (nSPS) is 13.2. The van der Waals surface area contributed by atoms with Crippen LogP contribution in [0.25, 0.3) is 11.3 Å². The van der Waals surface area contributed by atoms with Gasteiger partial charge in [-0.1, -0.05) is 39.7 Å². The van der Waals surface area contributed by atoms with E-state index in [9.17, 15) is 13.6 Å². The Bertz CT molecular complexity index is 1300. The Hall–Kier alpha value is -2.82. The van der Waals surface area contributed by atoms with Crippen LogP contribution in [0.5, 0.6) is 0 Å². The second-order valence-electron chi connectivity index (χ2n) is 7.21. The summed E-state index contributed by atoms with van der Waals surface area (Å²) < 4.78 is 34.5. The Morgan fingerprint density at radius 3 is 2.72 bits per heavy atom. The Labute approximate surface area is 195 Å². The molecule has 3 aromatic heterocycles. The lowest BCUT2D eigenvalue weighted by atomic mass is 9.81. The van der Waals surface area contributed by atoms with E-state index in [1.165, 1.54) is 12.1 Å². The van der Waals surface area contributed by atoms with Gasteiger partial charge < -0.3 is 9.84 Å². The van der Waals surface area contributed by atoms with Crippen LogP contribution in [0.1, 0.15) is 28.7 Å². The molecule has 0 aliphatic carbocycles. The number of halogens is 4. The van der Waals surface area contributed by atoms with Crippen molar-refractivity contribution in [1.29, 1.82) is 0 Å². The molecule has 1 amide bonds. The first-order valence-electron chi connectivity index (χ1n) is 9.19. The number of nitrogens with zero attached hydrogens (tertiary/aromatic N) is 4. The van der Waals surface area contributed by atoms with Crippen LogP contribution < -0.4 is 5.32 Å². The number of aryl methyl sites for hydroxylation is 1. The van der Waals surface area contributed by atoms with Crippen molar-refractivity contribution in [2.75, 3.05) is 6.54 Å². The summed E-state index contributed by atoms with van der Waals surface area (Å²) in [4.78, 5) is 17.1. The fourth-order valence-corrected chi connectivity index (χ4v) is 4.75. The number of nitrogens with one attached hydrogen (secondary N) is 1. The quantitative estimate of drug-likeness (QED) is 0.411. The van der Waals surface area contributed by atoms with E-state index in [0.717, 1.165) is 29.0 Å². The second kappa shape index (κ2) is 8.61. The van der Waals surface area contributed by atoms with Gasteiger partial charge in [0.05, 0.1) is 22.9 Å². The third kappa shape index (κ3) is 4.25. The maximum Gasteiger partial charge on any atom is 0.273 e. The van der Waals surface area contributed by atoms with Crippen LogP contribution >= 0.6 is 34.5 Å². The van der Waals surface area contributed by atoms with Crippen LogP contribution in [0.15, 0.2) is 41.2 Å². The number of carbonyl (C=O) groups excluding carboxylic acids is 1. The maximum atomic E-state index is 14.0. The van der Waals surface area contributed by atoms with Gasteiger partial charge in [0.25, 0.3) is 5.91 Å². The zero-order chi connectivity index (χ0) is 23.0. The fraction of sp³-hybridized carbons (Fsp3) is 0.200. The zero-order valence-corrected chi connectivity index (χ0v) is 19.0. The average molecular weight is 498 g/mol. The van der Waals surface area contributed by atoms with E-state index in [1.807, 2.05) is 6.92 Å². The van der Waals surface area contributed by atoms with Crippen LogP contribution in [-0.4, -0.2) is 32.4 Å². The van der Waals surface area contributed by atoms with Gasteiger partial charge in [0.15, 0.2) is 15.9 Å². The minimum absolute atomic E-state index is 0.00278. The van der Waals surface area contributed by atoms with Gasteiger partial charge in [0, 0.05) is 37.5 Å². The molecule has 4 aromatic rings. The average Bonchev–Trinajstić information content (AvgIpc) is 3.46. The molecule has 0 saturated heterocycles. The number of rotatable bonds is 6. The van der Waals surface area contributed by atoms with Crippen molar-refractivity contribution in [3.05, 3.63) is 74.0 Å². The number of hydrogen-bond acceptors (Lipinski definition) is 6. The molecule has 3 heterocycles. The Morgan fingerprint density at radius 1 is 1.31 bits per heavy atom. The number of benzene rings is 1. The van der Waals surface area contributed by atoms with Crippen LogP contribution in [-0.2, 0) is 12.5 Å². The molecular weight excluding hydrogens is 483 g/mol. The highest BCUT2D eigenvalue weighted by Crippen LogP contribution is 2.39. The minimum Gasteiger partial charge on any atom is -0.355 e. The van der Waals surface area contributed by atoms with E-state index in [1.54, 1.807) is 24.1 Å². The molecule has 0 aliphatic heterocycles. The van der Waals surface area contributed by atoms with Crippen molar-refractivity contribution in [2.24, 2.45) is 7.05 Å². The van der Waals surface area contributed by atoms with Gasteiger partial charge in [0.1, 0.15) is 16.0 Å². The molecule has 12 heteroatoms. The van der Waals surface area contributed by atoms with Crippen LogP contribution in [0, 0.1) is 11.6 Å². The molecule has 4 rings (SSSR count). The van der Waals surface area contributed by atoms with E-state index < -0.39 is 23.0 Å². The highest BCUT2D eigenvalue weighted by atomic mass is 35.5. The lowest BCUT2D eigenvalue weighted by molar-refractivity contribution is 0.0938. The molecule has 1 unspecified atom stereocenters. The van der Waals surface area contributed by atoms with Crippen LogP contribution in [0.3, 0.4) is 0 Å². The van der Waals surface area contributed by atoms with E-state index in [0.29, 0.717) is 10.0 Å². The van der Waals surface area contributed by atoms with E-state index in [2.05, 4.69) is 20.6 Å². The third-order valence-electron chi connectivity index (χ3n) is 4.97. The van der Waals surface area contributed by atoms with Gasteiger partial charge in [-0.25, -0.2) is 13.8 Å². The number of amides is 1. The van der Waals surface area contributed by atoms with E-state index in [4.69, 9.17) is 27.7 Å². The summed E-state index contributed by atoms with van der Waals surface area (Å²) in [5.41, 5.74) is 0.331. The summed E-state index contributed by atoms with van der Waals surface area (Å²) in [6, 6.07) is 4.29. The molecule has 1 N–H and O–H groups in total. The fourth-order valence-electron chi connectivity index (χ4n) is 3.19. The molecule has 1 atom stereocenters. The summed E-state index contributed by atoms with van der Waals surface area (Å²) in [6.45, 7) is 1.94. The highest BCUT2D eigenvalue weighted by Gasteiger charge is 2.36. The topological polar surface area (TPSA) is 85.8 Å². The smallest absolute Gasteiger partial charge is 0.273 e. The van der Waals surface area contributed by atoms with E-state index in [-0.39, 0.29) is 28.0 Å². The standard InChI is InChI=1S/C20H15Cl2F2N5O2S/c1-20(10-7-26-29(2)8-10,16-17(21)32-19(22)27-16)9-25-18(30)14-6-15(31-28-14)12-4-3-11(23)5-13(12)24/h3-8H,9H2,1-2H3,(H,25,30). The molecule has 166 valence electrons. The van der Waals surface area contributed by atoms with Crippen molar-refractivity contribution in [2.45, 2.75) is 12.3 Å². The van der Waals surface area contributed by atoms with Crippen LogP contribution in [0.2, 0.25) is 8.80 Å². The number of aromatic nitrogens is 4. The Balaban J connectivity index is 1.58. The molecule has 0 spiro atoms. The number of carbonyl (C=O) groups is 1. The molecule has 0 fully saturated rings. The van der Waals surface area contributed by atoms with Gasteiger partial charge in [-0.05, 0) is 19.1 Å². The summed E-state index contributed by atoms with van der Waals surface area (Å²) in [5.74, 6) is -2.11. The molecule has 0 radical (unpaired) electrons. The second-order valence-corrected chi connectivity index (χ2v) is 9.39. The predicted molar refractivity (Wildman–Crippen MR) is 116 cm³/mol. The van der Waals surface area contributed by atoms with Crippen molar-refractivity contribution >= 4 is 40.4 Å². The first-order valence-corrected chi connectivity index (χ1v) is 10.8. The van der Waals surface area contributed by atoms with Crippen molar-refractivity contribution < 1.29 is 18.1 Å². The number of thiazole rings is 1. The molecule has 1 aromatic carbocycles. The van der Waals surface area contributed by atoms with Gasteiger partial charge in [-0.2, -0.15) is 5.10 Å². The lowest BCUT2D eigenvalue weighted by Gasteiger charge is -2.27. The summed E-state index contributed by atoms with van der Waals surface area (Å²) >= 11 is 13.5. The molecule has 0 aliphatic rings. The van der Waals surface area contributed by atoms with Gasteiger partial charge in [-0.3, -0.25) is 9.48 Å². The molecule has 0 bridgehead atoms. The van der Waals surface area contributed by atoms with Crippen molar-refractivity contribution in [3.8, 4) is 11.3 Å². The minimum atomic E-state index is -0.847. The largest absolute Gasteiger partial charge is 0.355 e. The summed E-state index contributed by atoms with van der Waals surface area (Å²) in [5, 5.41) is 10.7. The van der Waals surface area contributed by atoms with Gasteiger partial charge in [0.2, 0.25) is 0 Å². The maximum absolute atomic E-state index is 14.0. The van der Waals surface area contributed by atoms with Gasteiger partial charge in [-0.15, -0.1) is 0 Å². The highest BCUT2D eigenvalue weighted by molar-refractivity contribution is 7.19. The Morgan fingerprint density at radius 2 is 2.09 bits per heavy atom. The molecular formula is C20H15Cl2F2N5O2S. The molecule has 0 saturated carbocycles. The van der Waals surface area contributed by atoms with Crippen molar-refractivity contribution in [3.63, 3.8) is 0 Å². The monoisotopic (exact) mass is 497 g/mol.